The lowest BCUT2D eigenvalue weighted by Crippen LogP contribution is -2.21. The highest BCUT2D eigenvalue weighted by Crippen LogP contribution is 2.40. The van der Waals surface area contributed by atoms with Crippen LogP contribution in [-0.4, -0.2) is 33.3 Å². The van der Waals surface area contributed by atoms with Gasteiger partial charge in [0.25, 0.3) is 6.43 Å². The molecule has 1 N–H and O–H groups in total. The molecule has 100 valence electrons. The number of halogens is 2. The van der Waals surface area contributed by atoms with Gasteiger partial charge >= 0.3 is 0 Å². The summed E-state index contributed by atoms with van der Waals surface area (Å²) >= 11 is 0. The van der Waals surface area contributed by atoms with Crippen molar-refractivity contribution in [1.29, 1.82) is 0 Å². The molecule has 1 aromatic carbocycles. The van der Waals surface area contributed by atoms with Crippen molar-refractivity contribution in [1.82, 2.24) is 5.32 Å². The highest BCUT2D eigenvalue weighted by molar-refractivity contribution is 5.54. The Morgan fingerprint density at radius 3 is 2.83 bits per heavy atom. The van der Waals surface area contributed by atoms with Gasteiger partial charge in [-0.25, -0.2) is 8.78 Å². The summed E-state index contributed by atoms with van der Waals surface area (Å²) < 4.78 is 40.2. The van der Waals surface area contributed by atoms with Crippen molar-refractivity contribution in [3.8, 4) is 17.2 Å². The van der Waals surface area contributed by atoms with E-state index in [9.17, 15) is 8.78 Å². The van der Waals surface area contributed by atoms with Crippen molar-refractivity contribution < 1.29 is 23.0 Å². The predicted octanol–water partition coefficient (Wildman–Crippen LogP) is 1.82. The number of benzene rings is 1. The summed E-state index contributed by atoms with van der Waals surface area (Å²) in [5.41, 5.74) is 0.816. The van der Waals surface area contributed by atoms with E-state index in [1.165, 1.54) is 7.11 Å². The molecule has 0 saturated carbocycles. The van der Waals surface area contributed by atoms with E-state index in [4.69, 9.17) is 14.2 Å². The molecule has 0 spiro atoms. The SMILES string of the molecule is COc1cc(CNCC(F)F)cc2c1OCCO2. The van der Waals surface area contributed by atoms with Crippen LogP contribution in [0.4, 0.5) is 8.78 Å². The topological polar surface area (TPSA) is 39.7 Å². The Morgan fingerprint density at radius 1 is 1.33 bits per heavy atom. The van der Waals surface area contributed by atoms with E-state index >= 15 is 0 Å². The van der Waals surface area contributed by atoms with Gasteiger partial charge in [-0.3, -0.25) is 0 Å². The summed E-state index contributed by atoms with van der Waals surface area (Å²) in [6.45, 7) is 0.949. The van der Waals surface area contributed by atoms with Gasteiger partial charge in [0.15, 0.2) is 11.5 Å². The summed E-state index contributed by atoms with van der Waals surface area (Å²) in [4.78, 5) is 0. The molecule has 4 nitrogen and oxygen atoms in total. The van der Waals surface area contributed by atoms with E-state index in [2.05, 4.69) is 5.32 Å². The smallest absolute Gasteiger partial charge is 0.250 e. The highest BCUT2D eigenvalue weighted by Gasteiger charge is 2.18. The predicted molar refractivity (Wildman–Crippen MR) is 61.7 cm³/mol. The van der Waals surface area contributed by atoms with E-state index in [0.717, 1.165) is 5.56 Å². The minimum atomic E-state index is -2.36. The molecule has 0 radical (unpaired) electrons. The first kappa shape index (κ1) is 12.9. The fourth-order valence-corrected chi connectivity index (χ4v) is 1.76. The first-order chi connectivity index (χ1) is 8.70. The molecule has 0 aromatic heterocycles. The van der Waals surface area contributed by atoms with Crippen molar-refractivity contribution in [3.05, 3.63) is 17.7 Å². The lowest BCUT2D eigenvalue weighted by Gasteiger charge is -2.21. The summed E-state index contributed by atoms with van der Waals surface area (Å²) in [5.74, 6) is 1.72. The molecule has 1 aliphatic rings. The van der Waals surface area contributed by atoms with Gasteiger partial charge in [-0.05, 0) is 17.7 Å². The first-order valence-electron chi connectivity index (χ1n) is 5.66. The molecule has 2 rings (SSSR count). The number of hydrogen-bond acceptors (Lipinski definition) is 4. The molecule has 0 amide bonds. The second-order valence-corrected chi connectivity index (χ2v) is 3.84. The third-order valence-electron chi connectivity index (χ3n) is 2.52. The van der Waals surface area contributed by atoms with Crippen LogP contribution in [0.2, 0.25) is 0 Å². The number of nitrogens with one attached hydrogen (secondary N) is 1. The number of methoxy groups -OCH3 is 1. The molecule has 0 unspecified atom stereocenters. The quantitative estimate of drug-likeness (QED) is 0.875. The molecular formula is C12H15F2NO3. The normalized spacial score (nSPS) is 13.8. The zero-order valence-corrected chi connectivity index (χ0v) is 10.0. The molecule has 18 heavy (non-hydrogen) atoms. The Bertz CT molecular complexity index is 395. The number of alkyl halides is 2. The van der Waals surface area contributed by atoms with E-state index < -0.39 is 6.43 Å². The first-order valence-corrected chi connectivity index (χ1v) is 5.66. The molecular weight excluding hydrogens is 244 g/mol. The van der Waals surface area contributed by atoms with Gasteiger partial charge in [0.2, 0.25) is 5.75 Å². The van der Waals surface area contributed by atoms with Gasteiger partial charge in [0.05, 0.1) is 13.7 Å². The van der Waals surface area contributed by atoms with Crippen molar-refractivity contribution in [2.75, 3.05) is 26.9 Å². The van der Waals surface area contributed by atoms with Gasteiger partial charge in [-0.1, -0.05) is 0 Å². The second-order valence-electron chi connectivity index (χ2n) is 3.84. The van der Waals surface area contributed by atoms with E-state index in [1.807, 2.05) is 0 Å². The Kier molecular flexibility index (Phi) is 4.19. The Labute approximate surface area is 104 Å². The zero-order chi connectivity index (χ0) is 13.0. The minimum Gasteiger partial charge on any atom is -0.493 e. The highest BCUT2D eigenvalue weighted by atomic mass is 19.3. The van der Waals surface area contributed by atoms with E-state index in [1.54, 1.807) is 12.1 Å². The maximum Gasteiger partial charge on any atom is 0.250 e. The van der Waals surface area contributed by atoms with Crippen molar-refractivity contribution >= 4 is 0 Å². The van der Waals surface area contributed by atoms with Crippen LogP contribution >= 0.6 is 0 Å². The van der Waals surface area contributed by atoms with Crippen LogP contribution < -0.4 is 19.5 Å². The molecule has 0 aliphatic carbocycles. The number of rotatable bonds is 5. The monoisotopic (exact) mass is 259 g/mol. The largest absolute Gasteiger partial charge is 0.493 e. The van der Waals surface area contributed by atoms with Crippen LogP contribution in [0, 0.1) is 0 Å². The van der Waals surface area contributed by atoms with Gasteiger partial charge in [0.1, 0.15) is 13.2 Å². The molecule has 1 aromatic rings. The third-order valence-corrected chi connectivity index (χ3v) is 2.52. The van der Waals surface area contributed by atoms with Crippen LogP contribution in [0.3, 0.4) is 0 Å². The van der Waals surface area contributed by atoms with E-state index in [-0.39, 0.29) is 6.54 Å². The molecule has 0 bridgehead atoms. The zero-order valence-electron chi connectivity index (χ0n) is 10.0. The molecule has 0 atom stereocenters. The van der Waals surface area contributed by atoms with Crippen LogP contribution in [0.25, 0.3) is 0 Å². The summed E-state index contributed by atoms with van der Waals surface area (Å²) in [6.07, 6.45) is -2.36. The van der Waals surface area contributed by atoms with Crippen molar-refractivity contribution in [2.24, 2.45) is 0 Å². The average Bonchev–Trinajstić information content (AvgIpc) is 2.37. The van der Waals surface area contributed by atoms with E-state index in [0.29, 0.717) is 37.0 Å². The second kappa shape index (κ2) is 5.86. The van der Waals surface area contributed by atoms with Crippen LogP contribution in [0.1, 0.15) is 5.56 Å². The van der Waals surface area contributed by atoms with Gasteiger partial charge in [-0.15, -0.1) is 0 Å². The Hall–Kier alpha value is -1.56. The Morgan fingerprint density at radius 2 is 2.11 bits per heavy atom. The number of hydrogen-bond donors (Lipinski definition) is 1. The van der Waals surface area contributed by atoms with Crippen molar-refractivity contribution in [3.63, 3.8) is 0 Å². The lowest BCUT2D eigenvalue weighted by atomic mass is 10.1. The summed E-state index contributed by atoms with van der Waals surface area (Å²) in [7, 11) is 1.53. The third kappa shape index (κ3) is 3.01. The molecule has 0 fully saturated rings. The van der Waals surface area contributed by atoms with Crippen LogP contribution in [-0.2, 0) is 6.54 Å². The minimum absolute atomic E-state index is 0.331. The number of ether oxygens (including phenoxy) is 3. The molecule has 6 heteroatoms. The van der Waals surface area contributed by atoms with Crippen LogP contribution in [0.15, 0.2) is 12.1 Å². The lowest BCUT2D eigenvalue weighted by molar-refractivity contribution is 0.145. The van der Waals surface area contributed by atoms with Gasteiger partial charge in [-0.2, -0.15) is 0 Å². The average molecular weight is 259 g/mol. The maximum atomic E-state index is 12.0. The number of fused-ring (bicyclic) bond motifs is 1. The molecule has 1 heterocycles. The Balaban J connectivity index is 2.11. The van der Waals surface area contributed by atoms with Crippen LogP contribution in [0.5, 0.6) is 17.2 Å². The standard InChI is InChI=1S/C12H15F2NO3/c1-16-9-4-8(6-15-7-11(13)14)5-10-12(9)18-3-2-17-10/h4-5,11,15H,2-3,6-7H2,1H3. The van der Waals surface area contributed by atoms with Crippen molar-refractivity contribution in [2.45, 2.75) is 13.0 Å². The van der Waals surface area contributed by atoms with Gasteiger partial charge < -0.3 is 19.5 Å². The fourth-order valence-electron chi connectivity index (χ4n) is 1.76. The molecule has 0 saturated heterocycles. The molecule has 1 aliphatic heterocycles. The maximum absolute atomic E-state index is 12.0. The fraction of sp³-hybridized carbons (Fsp3) is 0.500. The summed E-state index contributed by atoms with van der Waals surface area (Å²) in [6, 6.07) is 3.53. The van der Waals surface area contributed by atoms with Gasteiger partial charge in [0, 0.05) is 6.54 Å². The summed E-state index contributed by atoms with van der Waals surface area (Å²) in [5, 5.41) is 2.66.